The fourth-order valence-corrected chi connectivity index (χ4v) is 2.57. The van der Waals surface area contributed by atoms with Gasteiger partial charge in [0.05, 0.1) is 6.54 Å². The Labute approximate surface area is 158 Å². The lowest BCUT2D eigenvalue weighted by atomic mass is 10.1. The van der Waals surface area contributed by atoms with Crippen molar-refractivity contribution in [1.29, 1.82) is 0 Å². The molecule has 0 fully saturated rings. The SMILES string of the molecule is Cc1ccc(CN(C(=O)COc2ccc(Cl)cc2)c2ccccn2)cc1. The van der Waals surface area contributed by atoms with Crippen molar-refractivity contribution >= 4 is 23.3 Å². The van der Waals surface area contributed by atoms with Gasteiger partial charge in [0.25, 0.3) is 5.91 Å². The number of aromatic nitrogens is 1. The van der Waals surface area contributed by atoms with Crippen LogP contribution in [0.3, 0.4) is 0 Å². The van der Waals surface area contributed by atoms with Gasteiger partial charge in [0.1, 0.15) is 11.6 Å². The molecule has 0 aliphatic heterocycles. The second kappa shape index (κ2) is 8.50. The zero-order valence-corrected chi connectivity index (χ0v) is 15.2. The van der Waals surface area contributed by atoms with Gasteiger partial charge >= 0.3 is 0 Å². The van der Waals surface area contributed by atoms with Crippen molar-refractivity contribution in [3.8, 4) is 5.75 Å². The Kier molecular flexibility index (Phi) is 5.87. The quantitative estimate of drug-likeness (QED) is 0.637. The number of hydrogen-bond acceptors (Lipinski definition) is 3. The Morgan fingerprint density at radius 3 is 2.42 bits per heavy atom. The molecule has 132 valence electrons. The van der Waals surface area contributed by atoms with E-state index < -0.39 is 0 Å². The summed E-state index contributed by atoms with van der Waals surface area (Å²) >= 11 is 5.87. The first-order valence-corrected chi connectivity index (χ1v) is 8.65. The number of carbonyl (C=O) groups excluding carboxylic acids is 1. The maximum atomic E-state index is 12.8. The number of carbonyl (C=O) groups is 1. The minimum atomic E-state index is -0.167. The summed E-state index contributed by atoms with van der Waals surface area (Å²) in [6.07, 6.45) is 1.67. The number of hydrogen-bond donors (Lipinski definition) is 0. The number of aryl methyl sites for hydroxylation is 1. The van der Waals surface area contributed by atoms with E-state index in [-0.39, 0.29) is 12.5 Å². The molecule has 0 spiro atoms. The summed E-state index contributed by atoms with van der Waals surface area (Å²) in [5.74, 6) is 1.02. The van der Waals surface area contributed by atoms with Gasteiger partial charge in [0, 0.05) is 11.2 Å². The monoisotopic (exact) mass is 366 g/mol. The van der Waals surface area contributed by atoms with Crippen LogP contribution >= 0.6 is 11.6 Å². The zero-order valence-electron chi connectivity index (χ0n) is 14.4. The first-order chi connectivity index (χ1) is 12.6. The number of ether oxygens (including phenoxy) is 1. The first kappa shape index (κ1) is 18.0. The Morgan fingerprint density at radius 1 is 1.04 bits per heavy atom. The smallest absolute Gasteiger partial charge is 0.266 e. The summed E-state index contributed by atoms with van der Waals surface area (Å²) in [7, 11) is 0. The minimum Gasteiger partial charge on any atom is -0.484 e. The molecule has 0 atom stereocenters. The van der Waals surface area contributed by atoms with Crippen LogP contribution in [-0.2, 0) is 11.3 Å². The lowest BCUT2D eigenvalue weighted by Gasteiger charge is -2.22. The summed E-state index contributed by atoms with van der Waals surface area (Å²) in [6.45, 7) is 2.38. The molecule has 0 radical (unpaired) electrons. The van der Waals surface area contributed by atoms with Crippen molar-refractivity contribution in [3.63, 3.8) is 0 Å². The van der Waals surface area contributed by atoms with Crippen LogP contribution in [-0.4, -0.2) is 17.5 Å². The highest BCUT2D eigenvalue weighted by Gasteiger charge is 2.18. The van der Waals surface area contributed by atoms with Gasteiger partial charge < -0.3 is 4.74 Å². The number of benzene rings is 2. The molecule has 0 saturated heterocycles. The molecule has 0 saturated carbocycles. The fourth-order valence-electron chi connectivity index (χ4n) is 2.44. The van der Waals surface area contributed by atoms with Crippen LogP contribution in [0.2, 0.25) is 5.02 Å². The van der Waals surface area contributed by atoms with Crippen LogP contribution in [0.5, 0.6) is 5.75 Å². The van der Waals surface area contributed by atoms with Crippen molar-refractivity contribution in [3.05, 3.63) is 89.1 Å². The largest absolute Gasteiger partial charge is 0.484 e. The lowest BCUT2D eigenvalue weighted by molar-refractivity contribution is -0.120. The van der Waals surface area contributed by atoms with Gasteiger partial charge in [0.15, 0.2) is 6.61 Å². The van der Waals surface area contributed by atoms with Crippen LogP contribution in [0.4, 0.5) is 5.82 Å². The zero-order chi connectivity index (χ0) is 18.4. The topological polar surface area (TPSA) is 42.4 Å². The molecule has 0 N–H and O–H groups in total. The van der Waals surface area contributed by atoms with Gasteiger partial charge in [-0.1, -0.05) is 47.5 Å². The van der Waals surface area contributed by atoms with E-state index in [9.17, 15) is 4.79 Å². The predicted molar refractivity (Wildman–Crippen MR) is 104 cm³/mol. The highest BCUT2D eigenvalue weighted by Crippen LogP contribution is 2.18. The Hall–Kier alpha value is -2.85. The molecule has 1 aromatic heterocycles. The van der Waals surface area contributed by atoms with Crippen LogP contribution in [0.25, 0.3) is 0 Å². The van der Waals surface area contributed by atoms with Crippen molar-refractivity contribution < 1.29 is 9.53 Å². The maximum Gasteiger partial charge on any atom is 0.266 e. The van der Waals surface area contributed by atoms with Crippen LogP contribution in [0.15, 0.2) is 72.9 Å². The summed E-state index contributed by atoms with van der Waals surface area (Å²) in [5, 5.41) is 0.623. The Bertz CT molecular complexity index is 849. The first-order valence-electron chi connectivity index (χ1n) is 8.27. The Balaban J connectivity index is 1.74. The van der Waals surface area contributed by atoms with Gasteiger partial charge in [-0.3, -0.25) is 9.69 Å². The molecule has 26 heavy (non-hydrogen) atoms. The second-order valence-corrected chi connectivity index (χ2v) is 6.33. The van der Waals surface area contributed by atoms with Crippen molar-refractivity contribution in [2.24, 2.45) is 0 Å². The van der Waals surface area contributed by atoms with Crippen molar-refractivity contribution in [1.82, 2.24) is 4.98 Å². The number of rotatable bonds is 6. The average Bonchev–Trinajstić information content (AvgIpc) is 2.67. The number of anilines is 1. The molecule has 1 heterocycles. The molecule has 4 nitrogen and oxygen atoms in total. The summed E-state index contributed by atoms with van der Waals surface area (Å²) in [6, 6.07) is 20.5. The fraction of sp³-hybridized carbons (Fsp3) is 0.143. The highest BCUT2D eigenvalue weighted by atomic mass is 35.5. The van der Waals surface area contributed by atoms with E-state index in [1.807, 2.05) is 49.4 Å². The van der Waals surface area contributed by atoms with E-state index in [4.69, 9.17) is 16.3 Å². The van der Waals surface area contributed by atoms with E-state index in [0.29, 0.717) is 23.1 Å². The molecule has 3 aromatic rings. The second-order valence-electron chi connectivity index (χ2n) is 5.90. The normalized spacial score (nSPS) is 10.4. The van der Waals surface area contributed by atoms with Crippen LogP contribution in [0, 0.1) is 6.92 Å². The third kappa shape index (κ3) is 4.83. The summed E-state index contributed by atoms with van der Waals surface area (Å²) in [5.41, 5.74) is 2.21. The van der Waals surface area contributed by atoms with Crippen molar-refractivity contribution in [2.75, 3.05) is 11.5 Å². The molecule has 0 aliphatic rings. The molecule has 0 aliphatic carbocycles. The molecule has 1 amide bonds. The molecular weight excluding hydrogens is 348 g/mol. The number of pyridine rings is 1. The lowest BCUT2D eigenvalue weighted by Crippen LogP contribution is -2.35. The van der Waals surface area contributed by atoms with Gasteiger partial charge in [-0.15, -0.1) is 0 Å². The predicted octanol–water partition coefficient (Wildman–Crippen LogP) is 4.66. The molecule has 5 heteroatoms. The number of amides is 1. The number of nitrogens with zero attached hydrogens (tertiary/aromatic N) is 2. The number of halogens is 1. The Morgan fingerprint density at radius 2 is 1.77 bits per heavy atom. The molecule has 0 bridgehead atoms. The van der Waals surface area contributed by atoms with E-state index in [2.05, 4.69) is 4.98 Å². The average molecular weight is 367 g/mol. The van der Waals surface area contributed by atoms with Crippen LogP contribution in [0.1, 0.15) is 11.1 Å². The standard InChI is InChI=1S/C21H19ClN2O2/c1-16-5-7-17(8-6-16)14-24(20-4-2-3-13-23-20)21(25)15-26-19-11-9-18(22)10-12-19/h2-13H,14-15H2,1H3. The maximum absolute atomic E-state index is 12.8. The minimum absolute atomic E-state index is 0.0793. The van der Waals surface area contributed by atoms with Gasteiger partial charge in [0.2, 0.25) is 0 Å². The molecule has 3 rings (SSSR count). The van der Waals surface area contributed by atoms with Gasteiger partial charge in [-0.25, -0.2) is 4.98 Å². The third-order valence-electron chi connectivity index (χ3n) is 3.86. The molecule has 2 aromatic carbocycles. The molecule has 0 unspecified atom stereocenters. The molecular formula is C21H19ClN2O2. The summed E-state index contributed by atoms with van der Waals surface area (Å²) in [4.78, 5) is 18.7. The van der Waals surface area contributed by atoms with Gasteiger partial charge in [-0.05, 0) is 48.9 Å². The van der Waals surface area contributed by atoms with E-state index >= 15 is 0 Å². The third-order valence-corrected chi connectivity index (χ3v) is 4.12. The van der Waals surface area contributed by atoms with E-state index in [0.717, 1.165) is 5.56 Å². The van der Waals surface area contributed by atoms with E-state index in [1.165, 1.54) is 5.56 Å². The van der Waals surface area contributed by atoms with Crippen molar-refractivity contribution in [2.45, 2.75) is 13.5 Å². The van der Waals surface area contributed by atoms with Crippen LogP contribution < -0.4 is 9.64 Å². The summed E-state index contributed by atoms with van der Waals surface area (Å²) < 4.78 is 5.60. The highest BCUT2D eigenvalue weighted by molar-refractivity contribution is 6.30. The van der Waals surface area contributed by atoms with E-state index in [1.54, 1.807) is 35.4 Å². The van der Waals surface area contributed by atoms with Gasteiger partial charge in [-0.2, -0.15) is 0 Å².